The van der Waals surface area contributed by atoms with Gasteiger partial charge in [0.2, 0.25) is 0 Å². The molecule has 23 heavy (non-hydrogen) atoms. The highest BCUT2D eigenvalue weighted by atomic mass is 16.6. The molecule has 1 amide bonds. The van der Waals surface area contributed by atoms with Gasteiger partial charge in [-0.1, -0.05) is 0 Å². The smallest absolute Gasteiger partial charge is 0.410 e. The fourth-order valence-corrected chi connectivity index (χ4v) is 2.12. The molecule has 0 aliphatic carbocycles. The number of nitrogens with zero attached hydrogens (tertiary/aromatic N) is 1. The number of hydrogen-bond donors (Lipinski definition) is 3. The molecule has 0 rings (SSSR count). The van der Waals surface area contributed by atoms with Crippen LogP contribution in [0.3, 0.4) is 0 Å². The molecular formula is C16H35N3O4. The van der Waals surface area contributed by atoms with E-state index in [2.05, 4.69) is 5.32 Å². The van der Waals surface area contributed by atoms with E-state index in [-0.39, 0.29) is 12.6 Å². The molecule has 0 aromatic carbocycles. The normalized spacial score (nSPS) is 14.4. The first-order valence-electron chi connectivity index (χ1n) is 8.28. The monoisotopic (exact) mass is 333 g/mol. The van der Waals surface area contributed by atoms with Crippen LogP contribution in [-0.4, -0.2) is 73.7 Å². The number of methoxy groups -OCH3 is 1. The van der Waals surface area contributed by atoms with Crippen molar-refractivity contribution in [3.05, 3.63) is 0 Å². The van der Waals surface area contributed by atoms with Crippen LogP contribution in [0.4, 0.5) is 4.79 Å². The van der Waals surface area contributed by atoms with E-state index in [1.165, 1.54) is 4.90 Å². The summed E-state index contributed by atoms with van der Waals surface area (Å²) in [5.41, 5.74) is 4.98. The van der Waals surface area contributed by atoms with E-state index in [4.69, 9.17) is 15.2 Å². The Balaban J connectivity index is 4.44. The third-order valence-corrected chi connectivity index (χ3v) is 3.08. The SMILES string of the molecule is COCC(CCCN)NCCN(CC(C)O)C(=O)OC(C)(C)C. The summed E-state index contributed by atoms with van der Waals surface area (Å²) >= 11 is 0. The maximum atomic E-state index is 12.2. The second-order valence-corrected chi connectivity index (χ2v) is 6.81. The first kappa shape index (κ1) is 22.1. The number of amides is 1. The van der Waals surface area contributed by atoms with Gasteiger partial charge in [-0.2, -0.15) is 0 Å². The predicted molar refractivity (Wildman–Crippen MR) is 91.4 cm³/mol. The topological polar surface area (TPSA) is 97.0 Å². The molecule has 4 N–H and O–H groups in total. The summed E-state index contributed by atoms with van der Waals surface area (Å²) in [7, 11) is 1.66. The van der Waals surface area contributed by atoms with Gasteiger partial charge in [0.05, 0.1) is 12.7 Å². The Hall–Kier alpha value is -0.890. The van der Waals surface area contributed by atoms with Crippen molar-refractivity contribution in [3.8, 4) is 0 Å². The summed E-state index contributed by atoms with van der Waals surface area (Å²) in [4.78, 5) is 13.7. The first-order chi connectivity index (χ1) is 10.7. The number of aliphatic hydroxyl groups excluding tert-OH is 1. The molecule has 2 unspecified atom stereocenters. The number of carbonyl (C=O) groups excluding carboxylic acids is 1. The first-order valence-corrected chi connectivity index (χ1v) is 8.28. The highest BCUT2D eigenvalue weighted by Gasteiger charge is 2.23. The van der Waals surface area contributed by atoms with Gasteiger partial charge in [-0.15, -0.1) is 0 Å². The van der Waals surface area contributed by atoms with E-state index in [0.717, 1.165) is 12.8 Å². The van der Waals surface area contributed by atoms with Crippen molar-refractivity contribution in [2.75, 3.05) is 39.9 Å². The van der Waals surface area contributed by atoms with Crippen LogP contribution in [0.15, 0.2) is 0 Å². The minimum absolute atomic E-state index is 0.204. The van der Waals surface area contributed by atoms with Gasteiger partial charge in [0.15, 0.2) is 0 Å². The fraction of sp³-hybridized carbons (Fsp3) is 0.938. The van der Waals surface area contributed by atoms with Gasteiger partial charge < -0.3 is 30.5 Å². The van der Waals surface area contributed by atoms with Crippen LogP contribution in [-0.2, 0) is 9.47 Å². The van der Waals surface area contributed by atoms with Crippen LogP contribution in [0, 0.1) is 0 Å². The van der Waals surface area contributed by atoms with Crippen molar-refractivity contribution in [2.24, 2.45) is 5.73 Å². The molecule has 0 aromatic heterocycles. The number of carbonyl (C=O) groups is 1. The minimum atomic E-state index is -0.602. The van der Waals surface area contributed by atoms with Gasteiger partial charge in [-0.05, 0) is 47.1 Å². The number of nitrogens with one attached hydrogen (secondary N) is 1. The molecule has 138 valence electrons. The van der Waals surface area contributed by atoms with Crippen LogP contribution in [0.1, 0.15) is 40.5 Å². The fourth-order valence-electron chi connectivity index (χ4n) is 2.12. The van der Waals surface area contributed by atoms with Gasteiger partial charge in [0.1, 0.15) is 5.60 Å². The molecule has 0 fully saturated rings. The molecule has 2 atom stereocenters. The van der Waals surface area contributed by atoms with Gasteiger partial charge in [-0.3, -0.25) is 0 Å². The van der Waals surface area contributed by atoms with E-state index in [1.807, 2.05) is 20.8 Å². The molecule has 0 aliphatic heterocycles. The Kier molecular flexibility index (Phi) is 11.2. The Morgan fingerprint density at radius 3 is 2.52 bits per heavy atom. The summed E-state index contributed by atoms with van der Waals surface area (Å²) in [5.74, 6) is 0. The predicted octanol–water partition coefficient (Wildman–Crippen LogP) is 0.948. The zero-order valence-electron chi connectivity index (χ0n) is 15.3. The quantitative estimate of drug-likeness (QED) is 0.521. The average Bonchev–Trinajstić information content (AvgIpc) is 2.41. The van der Waals surface area contributed by atoms with Crippen molar-refractivity contribution in [1.82, 2.24) is 10.2 Å². The Morgan fingerprint density at radius 2 is 2.04 bits per heavy atom. The maximum absolute atomic E-state index is 12.2. The van der Waals surface area contributed by atoms with Gasteiger partial charge in [-0.25, -0.2) is 4.79 Å². The van der Waals surface area contributed by atoms with Crippen molar-refractivity contribution in [2.45, 2.75) is 58.3 Å². The summed E-state index contributed by atoms with van der Waals surface area (Å²) < 4.78 is 10.6. The molecule has 0 aliphatic rings. The Bertz CT molecular complexity index is 319. The lowest BCUT2D eigenvalue weighted by atomic mass is 10.1. The standard InChI is InChI=1S/C16H35N3O4/c1-13(20)11-19(15(21)23-16(2,3)4)10-9-18-14(12-22-5)7-6-8-17/h13-14,18,20H,6-12,17H2,1-5H3. The average molecular weight is 333 g/mol. The second-order valence-electron chi connectivity index (χ2n) is 6.81. The molecule has 0 spiro atoms. The lowest BCUT2D eigenvalue weighted by Crippen LogP contribution is -2.45. The summed E-state index contributed by atoms with van der Waals surface area (Å²) in [6, 6.07) is 0.204. The number of hydrogen-bond acceptors (Lipinski definition) is 6. The highest BCUT2D eigenvalue weighted by Crippen LogP contribution is 2.10. The van der Waals surface area contributed by atoms with Crippen LogP contribution in [0.25, 0.3) is 0 Å². The van der Waals surface area contributed by atoms with Gasteiger partial charge in [0, 0.05) is 32.8 Å². The van der Waals surface area contributed by atoms with E-state index in [9.17, 15) is 9.90 Å². The molecule has 0 heterocycles. The molecule has 0 saturated heterocycles. The van der Waals surface area contributed by atoms with Crippen molar-refractivity contribution < 1.29 is 19.4 Å². The Morgan fingerprint density at radius 1 is 1.39 bits per heavy atom. The van der Waals surface area contributed by atoms with E-state index in [1.54, 1.807) is 14.0 Å². The van der Waals surface area contributed by atoms with Gasteiger partial charge >= 0.3 is 6.09 Å². The third kappa shape index (κ3) is 12.2. The van der Waals surface area contributed by atoms with Crippen LogP contribution < -0.4 is 11.1 Å². The van der Waals surface area contributed by atoms with Crippen molar-refractivity contribution in [1.29, 1.82) is 0 Å². The maximum Gasteiger partial charge on any atom is 0.410 e. The Labute approximate surface area is 140 Å². The van der Waals surface area contributed by atoms with Crippen LogP contribution in [0.2, 0.25) is 0 Å². The molecule has 0 radical (unpaired) electrons. The van der Waals surface area contributed by atoms with E-state index < -0.39 is 17.8 Å². The third-order valence-electron chi connectivity index (χ3n) is 3.08. The summed E-state index contributed by atoms with van der Waals surface area (Å²) in [6.45, 7) is 9.68. The zero-order chi connectivity index (χ0) is 17.9. The molecule has 0 bridgehead atoms. The second kappa shape index (κ2) is 11.6. The van der Waals surface area contributed by atoms with E-state index in [0.29, 0.717) is 26.2 Å². The summed E-state index contributed by atoms with van der Waals surface area (Å²) in [5, 5.41) is 12.9. The summed E-state index contributed by atoms with van der Waals surface area (Å²) in [6.07, 6.45) is 0.831. The largest absolute Gasteiger partial charge is 0.444 e. The number of nitrogens with two attached hydrogens (primary N) is 1. The lowest BCUT2D eigenvalue weighted by Gasteiger charge is -2.29. The number of rotatable bonds is 11. The molecule has 7 heteroatoms. The molecular weight excluding hydrogens is 298 g/mol. The van der Waals surface area contributed by atoms with Gasteiger partial charge in [0.25, 0.3) is 0 Å². The van der Waals surface area contributed by atoms with E-state index >= 15 is 0 Å². The van der Waals surface area contributed by atoms with Crippen molar-refractivity contribution in [3.63, 3.8) is 0 Å². The highest BCUT2D eigenvalue weighted by molar-refractivity contribution is 5.68. The number of aliphatic hydroxyl groups is 1. The molecule has 0 saturated carbocycles. The molecule has 0 aromatic rings. The van der Waals surface area contributed by atoms with Crippen LogP contribution >= 0.6 is 0 Å². The van der Waals surface area contributed by atoms with Crippen molar-refractivity contribution >= 4 is 6.09 Å². The van der Waals surface area contributed by atoms with Crippen LogP contribution in [0.5, 0.6) is 0 Å². The lowest BCUT2D eigenvalue weighted by molar-refractivity contribution is 0.0161. The molecule has 7 nitrogen and oxygen atoms in total. The number of ether oxygens (including phenoxy) is 2. The zero-order valence-corrected chi connectivity index (χ0v) is 15.3. The minimum Gasteiger partial charge on any atom is -0.444 e.